The Morgan fingerprint density at radius 2 is 2.00 bits per heavy atom. The van der Waals surface area contributed by atoms with E-state index in [1.54, 1.807) is 32.3 Å². The molecule has 28 heavy (non-hydrogen) atoms. The van der Waals surface area contributed by atoms with Gasteiger partial charge in [0.2, 0.25) is 11.7 Å². The molecular weight excluding hydrogens is 360 g/mol. The quantitative estimate of drug-likeness (QED) is 0.538. The number of hydrazine groups is 1. The minimum Gasteiger partial charge on any atom is -0.324 e. The van der Waals surface area contributed by atoms with E-state index in [2.05, 4.69) is 15.8 Å². The lowest BCUT2D eigenvalue weighted by atomic mass is 9.84. The van der Waals surface area contributed by atoms with Crippen LogP contribution in [0, 0.1) is 5.41 Å². The number of amides is 3. The normalized spacial score (nSPS) is 16.5. The molecule has 1 fully saturated rings. The van der Waals surface area contributed by atoms with Gasteiger partial charge in [0.25, 0.3) is 11.8 Å². The summed E-state index contributed by atoms with van der Waals surface area (Å²) in [6, 6.07) is 2.92. The molecule has 0 aliphatic carbocycles. The van der Waals surface area contributed by atoms with Crippen LogP contribution in [-0.2, 0) is 25.6 Å². The first-order valence-electron chi connectivity index (χ1n) is 9.59. The molecule has 0 bridgehead atoms. The fourth-order valence-corrected chi connectivity index (χ4v) is 2.94. The predicted octanol–water partition coefficient (Wildman–Crippen LogP) is 1.16. The number of aromatic nitrogens is 1. The molecule has 2 heterocycles. The van der Waals surface area contributed by atoms with Crippen LogP contribution >= 0.6 is 0 Å². The highest BCUT2D eigenvalue weighted by Gasteiger charge is 2.41. The summed E-state index contributed by atoms with van der Waals surface area (Å²) in [6.07, 6.45) is 5.68. The zero-order chi connectivity index (χ0) is 20.7. The van der Waals surface area contributed by atoms with Crippen molar-refractivity contribution >= 4 is 23.5 Å². The Kier molecular flexibility index (Phi) is 7.25. The van der Waals surface area contributed by atoms with Crippen LogP contribution in [0.15, 0.2) is 24.5 Å². The fraction of sp³-hybridized carbons (Fsp3) is 0.550. The summed E-state index contributed by atoms with van der Waals surface area (Å²) in [4.78, 5) is 54.7. The van der Waals surface area contributed by atoms with Gasteiger partial charge in [0, 0.05) is 30.8 Å². The van der Waals surface area contributed by atoms with Crippen LogP contribution in [0.2, 0.25) is 0 Å². The van der Waals surface area contributed by atoms with Gasteiger partial charge in [-0.25, -0.2) is 0 Å². The number of carbonyl (C=O) groups is 4. The smallest absolute Gasteiger partial charge is 0.291 e. The van der Waals surface area contributed by atoms with E-state index in [0.717, 1.165) is 5.56 Å². The number of nitrogens with zero attached hydrogens (tertiary/aromatic N) is 2. The molecule has 1 unspecified atom stereocenters. The second kappa shape index (κ2) is 9.43. The maximum Gasteiger partial charge on any atom is 0.291 e. The Hall–Kier alpha value is -2.77. The second-order valence-electron chi connectivity index (χ2n) is 7.62. The maximum absolute atomic E-state index is 12.6. The number of Topliss-reactive ketones (excluding diaryl/α,β-unsaturated/α-hetero) is 1. The number of pyridine rings is 1. The summed E-state index contributed by atoms with van der Waals surface area (Å²) in [5.41, 5.74) is 4.92. The summed E-state index contributed by atoms with van der Waals surface area (Å²) in [5, 5.41) is 0. The molecule has 8 nitrogen and oxygen atoms in total. The van der Waals surface area contributed by atoms with Crippen LogP contribution in [0.25, 0.3) is 0 Å². The summed E-state index contributed by atoms with van der Waals surface area (Å²) in [7, 11) is 0. The highest BCUT2D eigenvalue weighted by Crippen LogP contribution is 2.25. The minimum absolute atomic E-state index is 0.197. The molecule has 1 aromatic rings. The third-order valence-electron chi connectivity index (χ3n) is 5.20. The van der Waals surface area contributed by atoms with E-state index in [-0.39, 0.29) is 12.3 Å². The van der Waals surface area contributed by atoms with Crippen LogP contribution < -0.4 is 10.9 Å². The second-order valence-corrected chi connectivity index (χ2v) is 7.62. The van der Waals surface area contributed by atoms with E-state index in [1.807, 2.05) is 13.0 Å². The van der Waals surface area contributed by atoms with Gasteiger partial charge in [-0.3, -0.25) is 35.0 Å². The fourth-order valence-electron chi connectivity index (χ4n) is 2.94. The summed E-state index contributed by atoms with van der Waals surface area (Å²) in [5.74, 6) is -1.94. The average Bonchev–Trinajstić information content (AvgIpc) is 3.20. The lowest BCUT2D eigenvalue weighted by molar-refractivity contribution is -0.151. The van der Waals surface area contributed by atoms with Gasteiger partial charge in [0.1, 0.15) is 6.04 Å². The highest BCUT2D eigenvalue weighted by molar-refractivity contribution is 6.38. The number of hydrogen-bond donors (Lipinski definition) is 2. The van der Waals surface area contributed by atoms with Crippen LogP contribution in [0.4, 0.5) is 0 Å². The van der Waals surface area contributed by atoms with Crippen LogP contribution in [-0.4, -0.2) is 46.0 Å². The molecule has 0 radical (unpaired) electrons. The molecule has 0 aromatic carbocycles. The van der Waals surface area contributed by atoms with E-state index >= 15 is 0 Å². The lowest BCUT2D eigenvalue weighted by Gasteiger charge is -2.27. The monoisotopic (exact) mass is 388 g/mol. The van der Waals surface area contributed by atoms with E-state index in [1.165, 1.54) is 4.90 Å². The van der Waals surface area contributed by atoms with Crippen molar-refractivity contribution in [3.05, 3.63) is 30.1 Å². The molecule has 1 aromatic heterocycles. The zero-order valence-corrected chi connectivity index (χ0v) is 16.7. The van der Waals surface area contributed by atoms with E-state index in [4.69, 9.17) is 0 Å². The van der Waals surface area contributed by atoms with Crippen molar-refractivity contribution in [3.63, 3.8) is 0 Å². The summed E-state index contributed by atoms with van der Waals surface area (Å²) in [6.45, 7) is 5.65. The summed E-state index contributed by atoms with van der Waals surface area (Å²) >= 11 is 0. The molecule has 0 saturated carbocycles. The number of aryl methyl sites for hydroxylation is 1. The lowest BCUT2D eigenvalue weighted by Crippen LogP contribution is -2.53. The number of hydrogen-bond acceptors (Lipinski definition) is 5. The molecule has 0 spiro atoms. The first-order valence-corrected chi connectivity index (χ1v) is 9.59. The molecule has 1 aliphatic heterocycles. The van der Waals surface area contributed by atoms with E-state index < -0.39 is 29.1 Å². The number of nitrogens with one attached hydrogen (secondary N) is 2. The predicted molar refractivity (Wildman–Crippen MR) is 103 cm³/mol. The molecule has 2 rings (SSSR count). The standard InChI is InChI=1S/C20H28N4O4/c1-4-20(2,3)17(26)19(28)24-12-6-8-15(24)18(27)23-22-16(25)10-9-14-7-5-11-21-13-14/h5,7,11,13,15H,4,6,8-10,12H2,1-3H3,(H,22,25)(H,23,27). The van der Waals surface area contributed by atoms with Crippen molar-refractivity contribution in [2.24, 2.45) is 5.41 Å². The van der Waals surface area contributed by atoms with Crippen molar-refractivity contribution in [2.75, 3.05) is 6.54 Å². The van der Waals surface area contributed by atoms with Crippen LogP contribution in [0.1, 0.15) is 52.0 Å². The Labute approximate surface area is 165 Å². The van der Waals surface area contributed by atoms with Crippen molar-refractivity contribution in [2.45, 2.75) is 58.9 Å². The number of likely N-dealkylation sites (tertiary alicyclic amines) is 1. The van der Waals surface area contributed by atoms with Gasteiger partial charge in [-0.1, -0.05) is 26.8 Å². The maximum atomic E-state index is 12.6. The van der Waals surface area contributed by atoms with Gasteiger partial charge in [-0.05, 0) is 37.3 Å². The Balaban J connectivity index is 1.86. The van der Waals surface area contributed by atoms with Crippen molar-refractivity contribution in [3.8, 4) is 0 Å². The number of carbonyl (C=O) groups excluding carboxylic acids is 4. The van der Waals surface area contributed by atoms with Crippen molar-refractivity contribution < 1.29 is 19.2 Å². The first kappa shape index (κ1) is 21.5. The molecule has 152 valence electrons. The van der Waals surface area contributed by atoms with Gasteiger partial charge in [-0.15, -0.1) is 0 Å². The van der Waals surface area contributed by atoms with Gasteiger partial charge >= 0.3 is 0 Å². The molecule has 3 amide bonds. The highest BCUT2D eigenvalue weighted by atomic mass is 16.2. The van der Waals surface area contributed by atoms with E-state index in [0.29, 0.717) is 32.2 Å². The Morgan fingerprint density at radius 3 is 2.64 bits per heavy atom. The molecule has 1 saturated heterocycles. The molecule has 2 N–H and O–H groups in total. The molecule has 1 aliphatic rings. The van der Waals surface area contributed by atoms with Gasteiger partial charge in [0.05, 0.1) is 0 Å². The van der Waals surface area contributed by atoms with Gasteiger partial charge in [-0.2, -0.15) is 0 Å². The summed E-state index contributed by atoms with van der Waals surface area (Å²) < 4.78 is 0. The molecular formula is C20H28N4O4. The van der Waals surface area contributed by atoms with Crippen molar-refractivity contribution in [1.29, 1.82) is 0 Å². The zero-order valence-electron chi connectivity index (χ0n) is 16.7. The average molecular weight is 388 g/mol. The van der Waals surface area contributed by atoms with Crippen molar-refractivity contribution in [1.82, 2.24) is 20.7 Å². The third kappa shape index (κ3) is 5.37. The number of ketones is 1. The molecule has 8 heteroatoms. The largest absolute Gasteiger partial charge is 0.324 e. The molecule has 1 atom stereocenters. The third-order valence-corrected chi connectivity index (χ3v) is 5.20. The first-order chi connectivity index (χ1) is 13.3. The number of rotatable bonds is 7. The van der Waals surface area contributed by atoms with Crippen LogP contribution in [0.5, 0.6) is 0 Å². The Morgan fingerprint density at radius 1 is 1.25 bits per heavy atom. The Bertz CT molecular complexity index is 733. The van der Waals surface area contributed by atoms with Gasteiger partial charge in [0.15, 0.2) is 0 Å². The SMILES string of the molecule is CCC(C)(C)C(=O)C(=O)N1CCCC1C(=O)NNC(=O)CCc1cccnc1. The van der Waals surface area contributed by atoms with Crippen LogP contribution in [0.3, 0.4) is 0 Å². The van der Waals surface area contributed by atoms with E-state index in [9.17, 15) is 19.2 Å². The minimum atomic E-state index is -0.763. The topological polar surface area (TPSA) is 108 Å². The van der Waals surface area contributed by atoms with Gasteiger partial charge < -0.3 is 4.90 Å².